The highest BCUT2D eigenvalue weighted by Gasteiger charge is 2.14. The molecule has 0 radical (unpaired) electrons. The maximum atomic E-state index is 13.7. The predicted molar refractivity (Wildman–Crippen MR) is 90.2 cm³/mol. The number of rotatable bonds is 5. The molecule has 0 amide bonds. The topological polar surface area (TPSA) is 12.0 Å². The summed E-state index contributed by atoms with van der Waals surface area (Å²) in [6.45, 7) is 4.42. The van der Waals surface area contributed by atoms with Crippen LogP contribution in [0.3, 0.4) is 0 Å². The van der Waals surface area contributed by atoms with Gasteiger partial charge in [0.2, 0.25) is 0 Å². The van der Waals surface area contributed by atoms with Crippen molar-refractivity contribution in [1.29, 1.82) is 0 Å². The molecular weight excluding hydrogens is 329 g/mol. The van der Waals surface area contributed by atoms with Gasteiger partial charge >= 0.3 is 0 Å². The molecule has 0 saturated heterocycles. The summed E-state index contributed by atoms with van der Waals surface area (Å²) in [5.74, 6) is 0.334. The quantitative estimate of drug-likeness (QED) is 0.760. The molecule has 0 heterocycles. The Morgan fingerprint density at radius 1 is 1.05 bits per heavy atom. The molecule has 2 rings (SSSR count). The van der Waals surface area contributed by atoms with E-state index in [1.165, 1.54) is 5.56 Å². The summed E-state index contributed by atoms with van der Waals surface area (Å²) in [5.41, 5.74) is 3.42. The van der Waals surface area contributed by atoms with Gasteiger partial charge < -0.3 is 5.32 Å². The van der Waals surface area contributed by atoms with Gasteiger partial charge in [-0.25, -0.2) is 4.39 Å². The van der Waals surface area contributed by atoms with Gasteiger partial charge in [-0.2, -0.15) is 0 Å². The molecule has 21 heavy (non-hydrogen) atoms. The average Bonchev–Trinajstić information content (AvgIpc) is 2.51. The molecule has 0 saturated carbocycles. The Bertz CT molecular complexity index is 595. The summed E-state index contributed by atoms with van der Waals surface area (Å²) >= 11 is 3.19. The molecule has 1 N–H and O–H groups in total. The molecule has 0 aliphatic rings. The van der Waals surface area contributed by atoms with Crippen molar-refractivity contribution in [3.8, 4) is 0 Å². The highest BCUT2D eigenvalue weighted by molar-refractivity contribution is 9.10. The van der Waals surface area contributed by atoms with E-state index in [4.69, 9.17) is 0 Å². The Morgan fingerprint density at radius 3 is 2.14 bits per heavy atom. The largest absolute Gasteiger partial charge is 0.309 e. The molecule has 2 aromatic carbocycles. The van der Waals surface area contributed by atoms with Crippen LogP contribution in [-0.2, 0) is 0 Å². The van der Waals surface area contributed by atoms with Crippen LogP contribution in [0.4, 0.5) is 4.39 Å². The van der Waals surface area contributed by atoms with Crippen molar-refractivity contribution in [3.63, 3.8) is 0 Å². The van der Waals surface area contributed by atoms with Gasteiger partial charge in [0.25, 0.3) is 0 Å². The molecule has 112 valence electrons. The van der Waals surface area contributed by atoms with Gasteiger partial charge in [0.15, 0.2) is 0 Å². The van der Waals surface area contributed by atoms with E-state index < -0.39 is 0 Å². The van der Waals surface area contributed by atoms with E-state index in [1.807, 2.05) is 13.1 Å². The van der Waals surface area contributed by atoms with Crippen LogP contribution in [0.15, 0.2) is 46.9 Å². The van der Waals surface area contributed by atoms with Crippen LogP contribution in [0.5, 0.6) is 0 Å². The highest BCUT2D eigenvalue weighted by atomic mass is 79.9. The number of hydrogen-bond donors (Lipinski definition) is 1. The summed E-state index contributed by atoms with van der Waals surface area (Å²) in [7, 11) is 1.90. The van der Waals surface area contributed by atoms with Crippen molar-refractivity contribution in [1.82, 2.24) is 5.32 Å². The van der Waals surface area contributed by atoms with Gasteiger partial charge in [-0.3, -0.25) is 0 Å². The first-order valence-corrected chi connectivity index (χ1v) is 8.08. The first-order chi connectivity index (χ1) is 10.1. The predicted octanol–water partition coefficient (Wildman–Crippen LogP) is 5.41. The van der Waals surface area contributed by atoms with E-state index in [9.17, 15) is 4.39 Å². The third-order valence-electron chi connectivity index (χ3n) is 4.02. The summed E-state index contributed by atoms with van der Waals surface area (Å²) in [4.78, 5) is 0. The van der Waals surface area contributed by atoms with Gasteiger partial charge in [-0.1, -0.05) is 44.2 Å². The lowest BCUT2D eigenvalue weighted by Crippen LogP contribution is -2.17. The summed E-state index contributed by atoms with van der Waals surface area (Å²) < 4.78 is 14.2. The molecule has 0 aliphatic heterocycles. The molecular formula is C18H21BrFN. The van der Waals surface area contributed by atoms with Crippen LogP contribution >= 0.6 is 15.9 Å². The summed E-state index contributed by atoms with van der Waals surface area (Å²) in [6.07, 6.45) is 1.13. The third kappa shape index (κ3) is 3.72. The maximum absolute atomic E-state index is 13.7. The molecule has 0 aromatic heterocycles. The second-order valence-corrected chi connectivity index (χ2v) is 6.23. The van der Waals surface area contributed by atoms with Crippen LogP contribution in [0.1, 0.15) is 48.9 Å². The minimum Gasteiger partial charge on any atom is -0.309 e. The second-order valence-electron chi connectivity index (χ2n) is 5.37. The van der Waals surface area contributed by atoms with Gasteiger partial charge in [0.05, 0.1) is 10.5 Å². The van der Waals surface area contributed by atoms with Crippen molar-refractivity contribution in [2.45, 2.75) is 32.2 Å². The Kier molecular flexibility index (Phi) is 5.54. The standard InChI is InChI=1S/C18H21BrFN/c1-4-12(2)13-5-7-14(8-6-13)18(21-3)15-9-10-16(19)17(20)11-15/h5-12,18,21H,4H2,1-3H3. The van der Waals surface area contributed by atoms with Crippen molar-refractivity contribution in [2.24, 2.45) is 0 Å². The highest BCUT2D eigenvalue weighted by Crippen LogP contribution is 2.27. The Hall–Kier alpha value is -1.19. The zero-order valence-corrected chi connectivity index (χ0v) is 14.2. The zero-order chi connectivity index (χ0) is 15.4. The molecule has 2 atom stereocenters. The van der Waals surface area contributed by atoms with Gasteiger partial charge in [0.1, 0.15) is 5.82 Å². The molecule has 1 nitrogen and oxygen atoms in total. The lowest BCUT2D eigenvalue weighted by atomic mass is 9.93. The normalized spacial score (nSPS) is 14.0. The van der Waals surface area contributed by atoms with E-state index in [1.54, 1.807) is 12.1 Å². The second kappa shape index (κ2) is 7.19. The first kappa shape index (κ1) is 16.2. The van der Waals surface area contributed by atoms with Crippen LogP contribution < -0.4 is 5.32 Å². The first-order valence-electron chi connectivity index (χ1n) is 7.28. The lowest BCUT2D eigenvalue weighted by molar-refractivity contribution is 0.610. The molecule has 0 spiro atoms. The number of benzene rings is 2. The van der Waals surface area contributed by atoms with E-state index in [0.29, 0.717) is 10.4 Å². The fourth-order valence-electron chi connectivity index (χ4n) is 2.47. The smallest absolute Gasteiger partial charge is 0.137 e. The van der Waals surface area contributed by atoms with Crippen LogP contribution in [0.25, 0.3) is 0 Å². The van der Waals surface area contributed by atoms with Crippen LogP contribution in [0.2, 0.25) is 0 Å². The minimum atomic E-state index is -0.232. The van der Waals surface area contributed by atoms with E-state index in [2.05, 4.69) is 59.4 Å². The molecule has 2 aromatic rings. The lowest BCUT2D eigenvalue weighted by Gasteiger charge is -2.19. The number of nitrogens with one attached hydrogen (secondary N) is 1. The molecule has 0 fully saturated rings. The molecule has 0 bridgehead atoms. The van der Waals surface area contributed by atoms with E-state index in [-0.39, 0.29) is 11.9 Å². The Morgan fingerprint density at radius 2 is 1.62 bits per heavy atom. The Labute approximate surface area is 134 Å². The molecule has 0 aliphatic carbocycles. The number of halogens is 2. The van der Waals surface area contributed by atoms with Crippen molar-refractivity contribution in [3.05, 3.63) is 69.4 Å². The van der Waals surface area contributed by atoms with E-state index in [0.717, 1.165) is 17.5 Å². The monoisotopic (exact) mass is 349 g/mol. The van der Waals surface area contributed by atoms with Crippen molar-refractivity contribution < 1.29 is 4.39 Å². The van der Waals surface area contributed by atoms with E-state index >= 15 is 0 Å². The van der Waals surface area contributed by atoms with Crippen molar-refractivity contribution >= 4 is 15.9 Å². The van der Waals surface area contributed by atoms with Gasteiger partial charge in [0, 0.05) is 0 Å². The fourth-order valence-corrected chi connectivity index (χ4v) is 2.72. The maximum Gasteiger partial charge on any atom is 0.137 e. The fraction of sp³-hybridized carbons (Fsp3) is 0.333. The minimum absolute atomic E-state index is 0.00131. The summed E-state index contributed by atoms with van der Waals surface area (Å²) in [6, 6.07) is 13.9. The van der Waals surface area contributed by atoms with Crippen LogP contribution in [0, 0.1) is 5.82 Å². The zero-order valence-electron chi connectivity index (χ0n) is 12.7. The summed E-state index contributed by atoms with van der Waals surface area (Å²) in [5, 5.41) is 3.26. The van der Waals surface area contributed by atoms with Crippen molar-refractivity contribution in [2.75, 3.05) is 7.05 Å². The van der Waals surface area contributed by atoms with Crippen LogP contribution in [-0.4, -0.2) is 7.05 Å². The molecule has 2 unspecified atom stereocenters. The third-order valence-corrected chi connectivity index (χ3v) is 4.66. The average molecular weight is 350 g/mol. The molecule has 3 heteroatoms. The van der Waals surface area contributed by atoms with Gasteiger partial charge in [-0.15, -0.1) is 0 Å². The SMILES string of the molecule is CCC(C)c1ccc(C(NC)c2ccc(Br)c(F)c2)cc1. The Balaban J connectivity index is 2.30. The van der Waals surface area contributed by atoms with Gasteiger partial charge in [-0.05, 0) is 64.1 Å². The number of hydrogen-bond acceptors (Lipinski definition) is 1.